The van der Waals surface area contributed by atoms with Gasteiger partial charge in [0, 0.05) is 12.6 Å². The molecular weight excluding hydrogens is 230 g/mol. The van der Waals surface area contributed by atoms with E-state index >= 15 is 0 Å². The van der Waals surface area contributed by atoms with Crippen LogP contribution < -0.4 is 10.1 Å². The molecule has 0 aromatic heterocycles. The molecule has 1 aromatic rings. The summed E-state index contributed by atoms with van der Waals surface area (Å²) >= 11 is 0. The van der Waals surface area contributed by atoms with Crippen LogP contribution in [0.5, 0.6) is 5.75 Å². The quantitative estimate of drug-likeness (QED) is 0.842. The van der Waals surface area contributed by atoms with Gasteiger partial charge in [-0.2, -0.15) is 0 Å². The van der Waals surface area contributed by atoms with Crippen molar-refractivity contribution in [2.24, 2.45) is 5.41 Å². The molecule has 4 heteroatoms. The Hall–Kier alpha value is -1.71. The number of carbonyl (C=O) groups is 1. The monoisotopic (exact) mass is 249 g/mol. The molecule has 98 valence electrons. The molecule has 0 atom stereocenters. The van der Waals surface area contributed by atoms with Gasteiger partial charge in [0.15, 0.2) is 0 Å². The first kappa shape index (κ1) is 12.7. The fraction of sp³-hybridized carbons (Fsp3) is 0.500. The first-order valence-corrected chi connectivity index (χ1v) is 6.19. The van der Waals surface area contributed by atoms with E-state index in [4.69, 9.17) is 9.84 Å². The van der Waals surface area contributed by atoms with E-state index in [0.29, 0.717) is 22.4 Å². The number of anilines is 1. The topological polar surface area (TPSA) is 58.6 Å². The van der Waals surface area contributed by atoms with E-state index < -0.39 is 5.97 Å². The van der Waals surface area contributed by atoms with Gasteiger partial charge in [-0.3, -0.25) is 0 Å². The van der Waals surface area contributed by atoms with E-state index in [2.05, 4.69) is 12.2 Å². The van der Waals surface area contributed by atoms with Gasteiger partial charge >= 0.3 is 5.97 Å². The maximum atomic E-state index is 11.1. The van der Waals surface area contributed by atoms with Crippen LogP contribution in [0.1, 0.15) is 36.5 Å². The third-order valence-corrected chi connectivity index (χ3v) is 3.72. The molecule has 1 saturated carbocycles. The van der Waals surface area contributed by atoms with Crippen LogP contribution in [0.3, 0.4) is 0 Å². The molecule has 0 bridgehead atoms. The Morgan fingerprint density at radius 3 is 2.72 bits per heavy atom. The standard InChI is InChI=1S/C14H19NO3/c1-14(6-3-7-14)9-15-12-8-10(18-2)4-5-11(12)13(16)17/h4-5,8,15H,3,6-7,9H2,1-2H3,(H,16,17). The fourth-order valence-electron chi connectivity index (χ4n) is 2.25. The summed E-state index contributed by atoms with van der Waals surface area (Å²) in [5.74, 6) is -0.250. The van der Waals surface area contributed by atoms with E-state index in [-0.39, 0.29) is 0 Å². The van der Waals surface area contributed by atoms with Crippen LogP contribution in [0.25, 0.3) is 0 Å². The van der Waals surface area contributed by atoms with Crippen molar-refractivity contribution in [2.75, 3.05) is 19.0 Å². The highest BCUT2D eigenvalue weighted by atomic mass is 16.5. The Morgan fingerprint density at radius 2 is 2.22 bits per heavy atom. The largest absolute Gasteiger partial charge is 0.497 e. The Labute approximate surface area is 107 Å². The second-order valence-corrected chi connectivity index (χ2v) is 5.23. The highest BCUT2D eigenvalue weighted by Gasteiger charge is 2.31. The first-order valence-electron chi connectivity index (χ1n) is 6.19. The molecule has 0 amide bonds. The van der Waals surface area contributed by atoms with E-state index in [1.165, 1.54) is 19.3 Å². The predicted molar refractivity (Wildman–Crippen MR) is 70.4 cm³/mol. The van der Waals surface area contributed by atoms with Crippen molar-refractivity contribution in [1.29, 1.82) is 0 Å². The Bertz CT molecular complexity index is 452. The first-order chi connectivity index (χ1) is 8.54. The number of carboxylic acid groups (broad SMARTS) is 1. The highest BCUT2D eigenvalue weighted by molar-refractivity contribution is 5.94. The summed E-state index contributed by atoms with van der Waals surface area (Å²) in [6.07, 6.45) is 3.67. The Kier molecular flexibility index (Phi) is 3.45. The van der Waals surface area contributed by atoms with Crippen molar-refractivity contribution >= 4 is 11.7 Å². The van der Waals surface area contributed by atoms with Crippen LogP contribution in [-0.2, 0) is 0 Å². The van der Waals surface area contributed by atoms with Gasteiger partial charge in [0.05, 0.1) is 18.4 Å². The van der Waals surface area contributed by atoms with Crippen LogP contribution in [-0.4, -0.2) is 24.7 Å². The summed E-state index contributed by atoms with van der Waals surface area (Å²) in [7, 11) is 1.58. The van der Waals surface area contributed by atoms with Gasteiger partial charge in [-0.25, -0.2) is 4.79 Å². The van der Waals surface area contributed by atoms with E-state index in [0.717, 1.165) is 6.54 Å². The van der Waals surface area contributed by atoms with Crippen molar-refractivity contribution in [3.8, 4) is 5.75 Å². The summed E-state index contributed by atoms with van der Waals surface area (Å²) in [4.78, 5) is 11.1. The van der Waals surface area contributed by atoms with Gasteiger partial charge in [0.25, 0.3) is 0 Å². The Balaban J connectivity index is 2.15. The second-order valence-electron chi connectivity index (χ2n) is 5.23. The normalized spacial score (nSPS) is 16.8. The van der Waals surface area contributed by atoms with Crippen molar-refractivity contribution in [2.45, 2.75) is 26.2 Å². The van der Waals surface area contributed by atoms with Gasteiger partial charge in [-0.1, -0.05) is 13.3 Å². The van der Waals surface area contributed by atoms with E-state index in [9.17, 15) is 4.79 Å². The molecule has 18 heavy (non-hydrogen) atoms. The average Bonchev–Trinajstić information content (AvgIpc) is 2.33. The number of ether oxygens (including phenoxy) is 1. The molecule has 1 aromatic carbocycles. The number of rotatable bonds is 5. The van der Waals surface area contributed by atoms with Gasteiger partial charge < -0.3 is 15.2 Å². The lowest BCUT2D eigenvalue weighted by Crippen LogP contribution is -2.33. The molecule has 0 heterocycles. The maximum Gasteiger partial charge on any atom is 0.337 e. The molecule has 0 spiro atoms. The molecule has 2 rings (SSSR count). The number of hydrogen-bond donors (Lipinski definition) is 2. The summed E-state index contributed by atoms with van der Waals surface area (Å²) < 4.78 is 5.13. The number of hydrogen-bond acceptors (Lipinski definition) is 3. The van der Waals surface area contributed by atoms with Crippen LogP contribution in [0.2, 0.25) is 0 Å². The minimum absolute atomic E-state index is 0.290. The summed E-state index contributed by atoms with van der Waals surface area (Å²) in [6, 6.07) is 4.98. The molecule has 1 aliphatic carbocycles. The van der Waals surface area contributed by atoms with Crippen LogP contribution >= 0.6 is 0 Å². The van der Waals surface area contributed by atoms with Crippen LogP contribution in [0.4, 0.5) is 5.69 Å². The molecule has 0 unspecified atom stereocenters. The summed E-state index contributed by atoms with van der Waals surface area (Å²) in [6.45, 7) is 3.03. The van der Waals surface area contributed by atoms with Crippen molar-refractivity contribution < 1.29 is 14.6 Å². The minimum atomic E-state index is -0.918. The van der Waals surface area contributed by atoms with Gasteiger partial charge in [-0.15, -0.1) is 0 Å². The predicted octanol–water partition coefficient (Wildman–Crippen LogP) is 3.00. The zero-order valence-corrected chi connectivity index (χ0v) is 10.8. The fourth-order valence-corrected chi connectivity index (χ4v) is 2.25. The molecule has 0 saturated heterocycles. The van der Waals surface area contributed by atoms with Gasteiger partial charge in [-0.05, 0) is 30.4 Å². The molecule has 0 radical (unpaired) electrons. The zero-order chi connectivity index (χ0) is 13.2. The highest BCUT2D eigenvalue weighted by Crippen LogP contribution is 2.40. The van der Waals surface area contributed by atoms with Crippen molar-refractivity contribution in [3.63, 3.8) is 0 Å². The minimum Gasteiger partial charge on any atom is -0.497 e. The number of carboxylic acids is 1. The number of aromatic carboxylic acids is 1. The van der Waals surface area contributed by atoms with E-state index in [1.807, 2.05) is 0 Å². The van der Waals surface area contributed by atoms with E-state index in [1.54, 1.807) is 25.3 Å². The summed E-state index contributed by atoms with van der Waals surface area (Å²) in [5, 5.41) is 12.4. The molecule has 0 aliphatic heterocycles. The third-order valence-electron chi connectivity index (χ3n) is 3.72. The second kappa shape index (κ2) is 4.88. The number of methoxy groups -OCH3 is 1. The summed E-state index contributed by atoms with van der Waals surface area (Å²) in [5.41, 5.74) is 1.23. The lowest BCUT2D eigenvalue weighted by Gasteiger charge is -2.38. The smallest absolute Gasteiger partial charge is 0.337 e. The number of benzene rings is 1. The van der Waals surface area contributed by atoms with Gasteiger partial charge in [0.2, 0.25) is 0 Å². The third kappa shape index (κ3) is 2.58. The van der Waals surface area contributed by atoms with Gasteiger partial charge in [0.1, 0.15) is 5.75 Å². The lowest BCUT2D eigenvalue weighted by atomic mass is 9.70. The lowest BCUT2D eigenvalue weighted by molar-refractivity contribution is 0.0697. The molecule has 4 nitrogen and oxygen atoms in total. The zero-order valence-electron chi connectivity index (χ0n) is 10.8. The van der Waals surface area contributed by atoms with Crippen molar-refractivity contribution in [1.82, 2.24) is 0 Å². The SMILES string of the molecule is COc1ccc(C(=O)O)c(NCC2(C)CCC2)c1. The molecule has 2 N–H and O–H groups in total. The maximum absolute atomic E-state index is 11.1. The average molecular weight is 249 g/mol. The number of nitrogens with one attached hydrogen (secondary N) is 1. The van der Waals surface area contributed by atoms with Crippen LogP contribution in [0, 0.1) is 5.41 Å². The molecule has 1 aliphatic rings. The van der Waals surface area contributed by atoms with Crippen molar-refractivity contribution in [3.05, 3.63) is 23.8 Å². The Morgan fingerprint density at radius 1 is 1.50 bits per heavy atom. The molecule has 1 fully saturated rings. The molecular formula is C14H19NO3. The van der Waals surface area contributed by atoms with Crippen LogP contribution in [0.15, 0.2) is 18.2 Å².